The average Bonchev–Trinajstić information content (AvgIpc) is 2.81. The van der Waals surface area contributed by atoms with E-state index in [2.05, 4.69) is 15.1 Å². The van der Waals surface area contributed by atoms with Crippen LogP contribution in [0.1, 0.15) is 5.56 Å². The van der Waals surface area contributed by atoms with Crippen molar-refractivity contribution < 1.29 is 4.39 Å². The Balaban J connectivity index is 1.83. The summed E-state index contributed by atoms with van der Waals surface area (Å²) in [6.45, 7) is 0. The van der Waals surface area contributed by atoms with E-state index in [0.29, 0.717) is 0 Å². The number of hydrogen-bond donors (Lipinski definition) is 0. The molecular formula is C13H11FN4S. The molecule has 2 aromatic heterocycles. The van der Waals surface area contributed by atoms with Gasteiger partial charge in [0.25, 0.3) is 0 Å². The first-order valence-corrected chi connectivity index (χ1v) is 6.72. The zero-order chi connectivity index (χ0) is 13.2. The van der Waals surface area contributed by atoms with Crippen LogP contribution >= 0.6 is 11.8 Å². The van der Waals surface area contributed by atoms with E-state index in [1.54, 1.807) is 34.8 Å². The normalized spacial score (nSPS) is 11.1. The number of aromatic nitrogens is 4. The topological polar surface area (TPSA) is 43.6 Å². The molecule has 19 heavy (non-hydrogen) atoms. The van der Waals surface area contributed by atoms with Gasteiger partial charge in [-0.1, -0.05) is 12.1 Å². The van der Waals surface area contributed by atoms with Crippen molar-refractivity contribution in [3.8, 4) is 0 Å². The van der Waals surface area contributed by atoms with E-state index < -0.39 is 0 Å². The van der Waals surface area contributed by atoms with Gasteiger partial charge in [0.1, 0.15) is 17.2 Å². The minimum atomic E-state index is -0.217. The van der Waals surface area contributed by atoms with Crippen molar-refractivity contribution in [3.63, 3.8) is 0 Å². The number of rotatable bonds is 3. The van der Waals surface area contributed by atoms with Gasteiger partial charge in [0, 0.05) is 12.8 Å². The molecule has 1 aromatic carbocycles. The van der Waals surface area contributed by atoms with Gasteiger partial charge in [0.2, 0.25) is 0 Å². The first-order chi connectivity index (χ1) is 9.24. The van der Waals surface area contributed by atoms with Crippen molar-refractivity contribution in [3.05, 3.63) is 48.2 Å². The molecule has 2 heterocycles. The Morgan fingerprint density at radius 3 is 2.79 bits per heavy atom. The van der Waals surface area contributed by atoms with E-state index in [-0.39, 0.29) is 5.82 Å². The molecule has 0 bridgehead atoms. The summed E-state index contributed by atoms with van der Waals surface area (Å²) in [7, 11) is 1.85. The van der Waals surface area contributed by atoms with Crippen LogP contribution in [0.15, 0.2) is 41.8 Å². The lowest BCUT2D eigenvalue weighted by atomic mass is 10.2. The van der Waals surface area contributed by atoms with Crippen LogP contribution in [-0.2, 0) is 12.8 Å². The number of benzene rings is 1. The summed E-state index contributed by atoms with van der Waals surface area (Å²) in [5.74, 6) is 0.520. The Hall–Kier alpha value is -1.95. The van der Waals surface area contributed by atoms with E-state index in [1.165, 1.54) is 18.5 Å². The van der Waals surface area contributed by atoms with Crippen molar-refractivity contribution >= 4 is 22.8 Å². The molecule has 0 amide bonds. The molecule has 0 N–H and O–H groups in total. The maximum atomic E-state index is 12.8. The summed E-state index contributed by atoms with van der Waals surface area (Å²) in [5, 5.41) is 6.01. The maximum absolute atomic E-state index is 12.8. The van der Waals surface area contributed by atoms with Gasteiger partial charge in [-0.3, -0.25) is 4.68 Å². The van der Waals surface area contributed by atoms with Crippen LogP contribution in [0.3, 0.4) is 0 Å². The Morgan fingerprint density at radius 1 is 1.21 bits per heavy atom. The summed E-state index contributed by atoms with van der Waals surface area (Å²) in [6, 6.07) is 6.50. The molecule has 0 atom stereocenters. The zero-order valence-corrected chi connectivity index (χ0v) is 11.1. The molecule has 0 fully saturated rings. The Morgan fingerprint density at radius 2 is 2.00 bits per heavy atom. The first-order valence-electron chi connectivity index (χ1n) is 5.74. The number of thioether (sulfide) groups is 1. The lowest BCUT2D eigenvalue weighted by Gasteiger charge is -2.02. The van der Waals surface area contributed by atoms with Crippen molar-refractivity contribution in [2.45, 2.75) is 10.8 Å². The summed E-state index contributed by atoms with van der Waals surface area (Å²) < 4.78 is 14.5. The summed E-state index contributed by atoms with van der Waals surface area (Å²) in [4.78, 5) is 8.47. The molecule has 6 heteroatoms. The molecule has 0 saturated carbocycles. The summed E-state index contributed by atoms with van der Waals surface area (Å²) >= 11 is 1.60. The molecular weight excluding hydrogens is 263 g/mol. The standard InChI is InChI=1S/C13H11FN4S/c1-18-12-11(6-17-18)13(16-8-15-12)19-7-9-2-4-10(14)5-3-9/h2-6,8H,7H2,1H3. The fourth-order valence-electron chi connectivity index (χ4n) is 1.79. The van der Waals surface area contributed by atoms with Gasteiger partial charge < -0.3 is 0 Å². The third-order valence-electron chi connectivity index (χ3n) is 2.78. The molecule has 0 saturated heterocycles. The number of hydrogen-bond acceptors (Lipinski definition) is 4. The number of aryl methyl sites for hydroxylation is 1. The van der Waals surface area contributed by atoms with Crippen molar-refractivity contribution in [2.75, 3.05) is 0 Å². The molecule has 0 unspecified atom stereocenters. The quantitative estimate of drug-likeness (QED) is 0.544. The van der Waals surface area contributed by atoms with Gasteiger partial charge >= 0.3 is 0 Å². The van der Waals surface area contributed by atoms with Gasteiger partial charge in [-0.15, -0.1) is 11.8 Å². The van der Waals surface area contributed by atoms with E-state index >= 15 is 0 Å². The molecule has 0 spiro atoms. The molecule has 0 aliphatic rings. The minimum Gasteiger partial charge on any atom is -0.250 e. The van der Waals surface area contributed by atoms with Crippen LogP contribution in [0.4, 0.5) is 4.39 Å². The summed E-state index contributed by atoms with van der Waals surface area (Å²) in [6.07, 6.45) is 3.30. The Labute approximate surface area is 113 Å². The van der Waals surface area contributed by atoms with Crippen LogP contribution in [0.5, 0.6) is 0 Å². The second kappa shape index (κ2) is 4.97. The third-order valence-corrected chi connectivity index (χ3v) is 3.86. The third kappa shape index (κ3) is 2.44. The number of halogens is 1. The molecule has 4 nitrogen and oxygen atoms in total. The van der Waals surface area contributed by atoms with Crippen molar-refractivity contribution in [2.24, 2.45) is 7.05 Å². The molecule has 3 rings (SSSR count). The monoisotopic (exact) mass is 274 g/mol. The van der Waals surface area contributed by atoms with Gasteiger partial charge in [-0.25, -0.2) is 14.4 Å². The van der Waals surface area contributed by atoms with E-state index in [0.717, 1.165) is 27.4 Å². The van der Waals surface area contributed by atoms with E-state index in [1.807, 2.05) is 7.05 Å². The van der Waals surface area contributed by atoms with Crippen LogP contribution in [0, 0.1) is 5.82 Å². The predicted molar refractivity (Wildman–Crippen MR) is 72.3 cm³/mol. The van der Waals surface area contributed by atoms with Crippen LogP contribution in [0.25, 0.3) is 11.0 Å². The summed E-state index contributed by atoms with van der Waals surface area (Å²) in [5.41, 5.74) is 1.87. The van der Waals surface area contributed by atoms with E-state index in [4.69, 9.17) is 0 Å². The zero-order valence-electron chi connectivity index (χ0n) is 10.2. The van der Waals surface area contributed by atoms with Crippen molar-refractivity contribution in [1.82, 2.24) is 19.7 Å². The van der Waals surface area contributed by atoms with Crippen LogP contribution in [-0.4, -0.2) is 19.7 Å². The highest BCUT2D eigenvalue weighted by molar-refractivity contribution is 7.98. The minimum absolute atomic E-state index is 0.217. The fraction of sp³-hybridized carbons (Fsp3) is 0.154. The first kappa shape index (κ1) is 12.1. The molecule has 0 aliphatic heterocycles. The molecule has 96 valence electrons. The van der Waals surface area contributed by atoms with Crippen LogP contribution in [0.2, 0.25) is 0 Å². The SMILES string of the molecule is Cn1ncc2c(SCc3ccc(F)cc3)ncnc21. The Bertz CT molecular complexity index is 708. The molecule has 3 aromatic rings. The second-order valence-electron chi connectivity index (χ2n) is 4.10. The fourth-order valence-corrected chi connectivity index (χ4v) is 2.70. The lowest BCUT2D eigenvalue weighted by Crippen LogP contribution is -1.93. The smallest absolute Gasteiger partial charge is 0.162 e. The van der Waals surface area contributed by atoms with Gasteiger partial charge in [0.15, 0.2) is 5.65 Å². The van der Waals surface area contributed by atoms with Gasteiger partial charge in [0.05, 0.1) is 11.6 Å². The second-order valence-corrected chi connectivity index (χ2v) is 5.06. The number of nitrogens with zero attached hydrogens (tertiary/aromatic N) is 4. The van der Waals surface area contributed by atoms with Gasteiger partial charge in [-0.2, -0.15) is 5.10 Å². The van der Waals surface area contributed by atoms with Crippen molar-refractivity contribution in [1.29, 1.82) is 0 Å². The molecule has 0 aliphatic carbocycles. The highest BCUT2D eigenvalue weighted by Gasteiger charge is 2.08. The maximum Gasteiger partial charge on any atom is 0.162 e. The van der Waals surface area contributed by atoms with Crippen LogP contribution < -0.4 is 0 Å². The van der Waals surface area contributed by atoms with Gasteiger partial charge in [-0.05, 0) is 17.7 Å². The number of fused-ring (bicyclic) bond motifs is 1. The Kier molecular flexibility index (Phi) is 3.16. The largest absolute Gasteiger partial charge is 0.250 e. The highest BCUT2D eigenvalue weighted by atomic mass is 32.2. The van der Waals surface area contributed by atoms with E-state index in [9.17, 15) is 4.39 Å². The lowest BCUT2D eigenvalue weighted by molar-refractivity contribution is 0.627. The molecule has 0 radical (unpaired) electrons. The predicted octanol–water partition coefficient (Wildman–Crippen LogP) is 2.79. The average molecular weight is 274 g/mol. The highest BCUT2D eigenvalue weighted by Crippen LogP contribution is 2.26.